The van der Waals surface area contributed by atoms with Crippen molar-refractivity contribution < 1.29 is 15.0 Å². The first kappa shape index (κ1) is 8.81. The summed E-state index contributed by atoms with van der Waals surface area (Å²) in [6.45, 7) is 0. The van der Waals surface area contributed by atoms with Crippen LogP contribution in [-0.4, -0.2) is 16.5 Å². The molecule has 1 aliphatic rings. The molecule has 0 atom stereocenters. The van der Waals surface area contributed by atoms with Gasteiger partial charge in [0.2, 0.25) is 0 Å². The molecule has 0 heterocycles. The topological polar surface area (TPSA) is 57.5 Å². The molecule has 0 spiro atoms. The fraction of sp³-hybridized carbons (Fsp3) is 0.182. The van der Waals surface area contributed by atoms with E-state index in [1.54, 1.807) is 18.2 Å². The Morgan fingerprint density at radius 1 is 1.21 bits per heavy atom. The smallest absolute Gasteiger partial charge is 0.153 e. The van der Waals surface area contributed by atoms with Crippen molar-refractivity contribution in [3.8, 4) is 5.75 Å². The van der Waals surface area contributed by atoms with E-state index in [9.17, 15) is 15.0 Å². The average Bonchev–Trinajstić information content (AvgIpc) is 2.17. The van der Waals surface area contributed by atoms with Crippen molar-refractivity contribution in [1.29, 1.82) is 0 Å². The number of carbonyl (C=O) groups is 1. The van der Waals surface area contributed by atoms with Crippen molar-refractivity contribution >= 4 is 12.4 Å². The van der Waals surface area contributed by atoms with E-state index in [2.05, 4.69) is 0 Å². The van der Waals surface area contributed by atoms with Gasteiger partial charge in [-0.1, -0.05) is 0 Å². The molecular formula is C11H10O3. The summed E-state index contributed by atoms with van der Waals surface area (Å²) >= 11 is 0. The zero-order valence-corrected chi connectivity index (χ0v) is 7.53. The number of aliphatic hydroxyl groups is 1. The Morgan fingerprint density at radius 2 is 2.00 bits per heavy atom. The fourth-order valence-corrected chi connectivity index (χ4v) is 1.63. The van der Waals surface area contributed by atoms with Crippen LogP contribution in [0, 0.1) is 0 Å². The quantitative estimate of drug-likeness (QED) is 0.666. The van der Waals surface area contributed by atoms with Crippen LogP contribution < -0.4 is 0 Å². The van der Waals surface area contributed by atoms with Crippen molar-refractivity contribution in [1.82, 2.24) is 0 Å². The highest BCUT2D eigenvalue weighted by Gasteiger charge is 2.12. The Bertz CT molecular complexity index is 419. The largest absolute Gasteiger partial charge is 0.512 e. The molecule has 1 aromatic carbocycles. The number of fused-ring (bicyclic) bond motifs is 1. The van der Waals surface area contributed by atoms with E-state index in [1.807, 2.05) is 0 Å². The van der Waals surface area contributed by atoms with Crippen LogP contribution in [-0.2, 0) is 6.42 Å². The highest BCUT2D eigenvalue weighted by Crippen LogP contribution is 2.28. The predicted molar refractivity (Wildman–Crippen MR) is 52.4 cm³/mol. The van der Waals surface area contributed by atoms with Gasteiger partial charge in [0, 0.05) is 6.42 Å². The first-order valence-corrected chi connectivity index (χ1v) is 4.41. The van der Waals surface area contributed by atoms with Gasteiger partial charge in [0.1, 0.15) is 5.75 Å². The Hall–Kier alpha value is -1.77. The van der Waals surface area contributed by atoms with E-state index in [-0.39, 0.29) is 11.3 Å². The minimum atomic E-state index is 0.00791. The highest BCUT2D eigenvalue weighted by atomic mass is 16.3. The van der Waals surface area contributed by atoms with E-state index in [1.165, 1.54) is 0 Å². The normalized spacial score (nSPS) is 14.4. The maximum atomic E-state index is 10.6. The summed E-state index contributed by atoms with van der Waals surface area (Å²) in [5, 5.41) is 18.7. The number of benzene rings is 1. The zero-order chi connectivity index (χ0) is 10.1. The number of aliphatic hydroxyl groups excluding tert-OH is 1. The maximum absolute atomic E-state index is 10.6. The number of phenolic OH excluding ortho intramolecular Hbond substituents is 1. The lowest BCUT2D eigenvalue weighted by atomic mass is 9.94. The van der Waals surface area contributed by atoms with Crippen molar-refractivity contribution in [2.75, 3.05) is 0 Å². The standard InChI is InChI=1S/C11H10O3/c12-6-9-3-8-4-10(13)2-1-7(8)5-11(9)14/h3-6,13-14H,1-2H2. The van der Waals surface area contributed by atoms with Crippen molar-refractivity contribution in [3.63, 3.8) is 0 Å². The molecule has 0 saturated carbocycles. The van der Waals surface area contributed by atoms with Crippen molar-refractivity contribution in [3.05, 3.63) is 34.6 Å². The second-order valence-corrected chi connectivity index (χ2v) is 3.36. The van der Waals surface area contributed by atoms with Crippen LogP contribution in [0.5, 0.6) is 5.75 Å². The third-order valence-electron chi connectivity index (χ3n) is 2.39. The van der Waals surface area contributed by atoms with Crippen LogP contribution in [0.4, 0.5) is 0 Å². The molecule has 0 bridgehead atoms. The van der Waals surface area contributed by atoms with Gasteiger partial charge >= 0.3 is 0 Å². The Morgan fingerprint density at radius 3 is 2.71 bits per heavy atom. The first-order valence-electron chi connectivity index (χ1n) is 4.41. The minimum Gasteiger partial charge on any atom is -0.512 e. The molecule has 0 saturated heterocycles. The van der Waals surface area contributed by atoms with Gasteiger partial charge in [-0.3, -0.25) is 4.79 Å². The van der Waals surface area contributed by atoms with Gasteiger partial charge in [-0.15, -0.1) is 0 Å². The number of allylic oxidation sites excluding steroid dienone is 1. The van der Waals surface area contributed by atoms with Crippen molar-refractivity contribution in [2.24, 2.45) is 0 Å². The summed E-state index contributed by atoms with van der Waals surface area (Å²) in [5.74, 6) is 0.327. The summed E-state index contributed by atoms with van der Waals surface area (Å²) in [6, 6.07) is 3.18. The van der Waals surface area contributed by atoms with Crippen LogP contribution in [0.15, 0.2) is 17.9 Å². The molecule has 1 aromatic rings. The van der Waals surface area contributed by atoms with E-state index >= 15 is 0 Å². The molecular weight excluding hydrogens is 180 g/mol. The van der Waals surface area contributed by atoms with Gasteiger partial charge in [-0.2, -0.15) is 0 Å². The third-order valence-corrected chi connectivity index (χ3v) is 2.39. The summed E-state index contributed by atoms with van der Waals surface area (Å²) in [6.07, 6.45) is 3.53. The van der Waals surface area contributed by atoms with Crippen LogP contribution in [0.1, 0.15) is 27.9 Å². The lowest BCUT2D eigenvalue weighted by Crippen LogP contribution is -2.00. The summed E-state index contributed by atoms with van der Waals surface area (Å²) in [5.41, 5.74) is 2.04. The van der Waals surface area contributed by atoms with Gasteiger partial charge in [0.25, 0.3) is 0 Å². The predicted octanol–water partition coefficient (Wildman–Crippen LogP) is 2.05. The molecule has 0 unspecified atom stereocenters. The third kappa shape index (κ3) is 1.37. The van der Waals surface area contributed by atoms with Crippen molar-refractivity contribution in [2.45, 2.75) is 12.8 Å². The first-order chi connectivity index (χ1) is 6.70. The number of rotatable bonds is 1. The molecule has 14 heavy (non-hydrogen) atoms. The van der Waals surface area contributed by atoms with E-state index in [0.717, 1.165) is 11.1 Å². The summed E-state index contributed by atoms with van der Waals surface area (Å²) < 4.78 is 0. The number of aldehydes is 1. The summed E-state index contributed by atoms with van der Waals surface area (Å²) in [7, 11) is 0. The molecule has 2 N–H and O–H groups in total. The van der Waals surface area contributed by atoms with Gasteiger partial charge < -0.3 is 10.2 Å². The number of hydrogen-bond acceptors (Lipinski definition) is 3. The monoisotopic (exact) mass is 190 g/mol. The minimum absolute atomic E-state index is 0.00791. The second-order valence-electron chi connectivity index (χ2n) is 3.36. The van der Waals surface area contributed by atoms with Crippen LogP contribution >= 0.6 is 0 Å². The van der Waals surface area contributed by atoms with E-state index < -0.39 is 0 Å². The lowest BCUT2D eigenvalue weighted by Gasteiger charge is -2.13. The van der Waals surface area contributed by atoms with Crippen LogP contribution in [0.25, 0.3) is 6.08 Å². The average molecular weight is 190 g/mol. The molecule has 0 aromatic heterocycles. The second kappa shape index (κ2) is 3.18. The molecule has 0 amide bonds. The van der Waals surface area contributed by atoms with Gasteiger partial charge in [-0.25, -0.2) is 0 Å². The molecule has 2 rings (SSSR count). The Kier molecular flexibility index (Phi) is 2.00. The SMILES string of the molecule is O=Cc1cc2c(cc1O)CCC(O)=C2. The number of carbonyl (C=O) groups excluding carboxylic acids is 1. The van der Waals surface area contributed by atoms with Crippen LogP contribution in [0.2, 0.25) is 0 Å². The molecule has 0 aliphatic heterocycles. The van der Waals surface area contributed by atoms with Crippen LogP contribution in [0.3, 0.4) is 0 Å². The molecule has 0 fully saturated rings. The number of phenols is 1. The zero-order valence-electron chi connectivity index (χ0n) is 7.53. The van der Waals surface area contributed by atoms with E-state index in [4.69, 9.17) is 0 Å². The van der Waals surface area contributed by atoms with Gasteiger partial charge in [-0.05, 0) is 35.8 Å². The number of hydrogen-bond donors (Lipinski definition) is 2. The summed E-state index contributed by atoms with van der Waals surface area (Å²) in [4.78, 5) is 10.6. The number of aromatic hydroxyl groups is 1. The molecule has 3 nitrogen and oxygen atoms in total. The van der Waals surface area contributed by atoms with Gasteiger partial charge in [0.05, 0.1) is 11.3 Å². The fourth-order valence-electron chi connectivity index (χ4n) is 1.63. The van der Waals surface area contributed by atoms with Gasteiger partial charge in [0.15, 0.2) is 6.29 Å². The maximum Gasteiger partial charge on any atom is 0.153 e. The molecule has 72 valence electrons. The van der Waals surface area contributed by atoms with E-state index in [0.29, 0.717) is 24.9 Å². The molecule has 0 radical (unpaired) electrons. The lowest BCUT2D eigenvalue weighted by molar-refractivity contribution is 0.112. The molecule has 3 heteroatoms. The Labute approximate surface area is 81.3 Å². The molecule has 1 aliphatic carbocycles. The number of aryl methyl sites for hydroxylation is 1. The Balaban J connectivity index is 2.58. The highest BCUT2D eigenvalue weighted by molar-refractivity contribution is 5.81.